The first-order valence-corrected chi connectivity index (χ1v) is 9.95. The monoisotopic (exact) mass is 489 g/mol. The number of aryl methyl sites for hydroxylation is 1. The Kier molecular flexibility index (Phi) is 7.07. The Balaban J connectivity index is 1.83. The molecule has 0 spiro atoms. The van der Waals surface area contributed by atoms with E-state index < -0.39 is 49.0 Å². The Labute approximate surface area is 189 Å². The molecule has 3 N–H and O–H groups in total. The second-order valence-corrected chi connectivity index (χ2v) is 7.58. The van der Waals surface area contributed by atoms with Gasteiger partial charge in [-0.15, -0.1) is 13.2 Å². The van der Waals surface area contributed by atoms with E-state index in [9.17, 15) is 31.5 Å². The van der Waals surface area contributed by atoms with Crippen molar-refractivity contribution in [3.05, 3.63) is 41.7 Å². The van der Waals surface area contributed by atoms with Gasteiger partial charge in [0.15, 0.2) is 0 Å². The number of carboxylic acid groups (broad SMARTS) is 1. The van der Waals surface area contributed by atoms with Crippen LogP contribution >= 0.6 is 0 Å². The maximum absolute atomic E-state index is 14.1. The molecule has 14 heteroatoms. The van der Waals surface area contributed by atoms with E-state index in [4.69, 9.17) is 5.11 Å². The molecule has 2 aromatic rings. The molecule has 3 heterocycles. The van der Waals surface area contributed by atoms with Gasteiger partial charge < -0.3 is 25.4 Å². The molecule has 34 heavy (non-hydrogen) atoms. The Morgan fingerprint density at radius 1 is 1.26 bits per heavy atom. The van der Waals surface area contributed by atoms with E-state index >= 15 is 0 Å². The molecule has 3 rings (SSSR count). The minimum absolute atomic E-state index is 0.0228. The minimum Gasteiger partial charge on any atom is -0.465 e. The largest absolute Gasteiger partial charge is 0.573 e. The number of aromatic nitrogens is 2. The predicted octanol–water partition coefficient (Wildman–Crippen LogP) is 3.93. The molecule has 0 unspecified atom stereocenters. The average molecular weight is 489 g/mol. The van der Waals surface area contributed by atoms with Gasteiger partial charge in [-0.3, -0.25) is 4.79 Å². The van der Waals surface area contributed by atoms with E-state index in [0.717, 1.165) is 23.2 Å². The smallest absolute Gasteiger partial charge is 0.465 e. The van der Waals surface area contributed by atoms with Gasteiger partial charge in [0.05, 0.1) is 12.6 Å². The molecule has 9 nitrogen and oxygen atoms in total. The number of pyridine rings is 2. The van der Waals surface area contributed by atoms with E-state index in [1.807, 2.05) is 0 Å². The molecule has 1 atom stereocenters. The number of carbonyl (C=O) groups is 2. The highest BCUT2D eigenvalue weighted by molar-refractivity contribution is 5.94. The number of hydrogen-bond donors (Lipinski definition) is 3. The third-order valence-electron chi connectivity index (χ3n) is 4.96. The predicted molar refractivity (Wildman–Crippen MR) is 108 cm³/mol. The highest BCUT2D eigenvalue weighted by Crippen LogP contribution is 2.32. The number of rotatable bonds is 6. The Morgan fingerprint density at radius 2 is 2.00 bits per heavy atom. The summed E-state index contributed by atoms with van der Waals surface area (Å²) in [5.74, 6) is -4.56. The van der Waals surface area contributed by atoms with Crippen LogP contribution in [-0.2, 0) is 0 Å². The number of likely N-dealkylation sites (tertiary alicyclic amines) is 1. The molecular weight excluding hydrogens is 469 g/mol. The lowest BCUT2D eigenvalue weighted by Crippen LogP contribution is -2.55. The van der Waals surface area contributed by atoms with Crippen LogP contribution in [-0.4, -0.2) is 63.4 Å². The van der Waals surface area contributed by atoms with E-state index in [0.29, 0.717) is 5.56 Å². The highest BCUT2D eigenvalue weighted by Gasteiger charge is 2.43. The van der Waals surface area contributed by atoms with E-state index in [1.165, 1.54) is 19.1 Å². The number of nitrogens with one attached hydrogen (secondary N) is 2. The first-order chi connectivity index (χ1) is 15.8. The quantitative estimate of drug-likeness (QED) is 0.527. The molecule has 2 aromatic heterocycles. The van der Waals surface area contributed by atoms with Crippen molar-refractivity contribution in [3.63, 3.8) is 0 Å². The summed E-state index contributed by atoms with van der Waals surface area (Å²) >= 11 is 0. The van der Waals surface area contributed by atoms with Crippen LogP contribution in [0.15, 0.2) is 30.5 Å². The molecule has 184 valence electrons. The molecular formula is C20H20F5N5O4. The first-order valence-electron chi connectivity index (χ1n) is 9.95. The summed E-state index contributed by atoms with van der Waals surface area (Å²) < 4.78 is 69.3. The number of halogens is 5. The number of nitrogens with zero attached hydrogens (tertiary/aromatic N) is 3. The Morgan fingerprint density at radius 3 is 2.68 bits per heavy atom. The number of hydrogen-bond acceptors (Lipinski definition) is 6. The summed E-state index contributed by atoms with van der Waals surface area (Å²) in [6.45, 7) is 0.395. The number of amides is 2. The lowest BCUT2D eigenvalue weighted by atomic mass is 9.98. The van der Waals surface area contributed by atoms with Crippen molar-refractivity contribution in [3.8, 4) is 5.75 Å². The van der Waals surface area contributed by atoms with E-state index in [-0.39, 0.29) is 30.3 Å². The lowest BCUT2D eigenvalue weighted by molar-refractivity contribution is -0.274. The van der Waals surface area contributed by atoms with Crippen LogP contribution in [0.4, 0.5) is 38.4 Å². The van der Waals surface area contributed by atoms with Crippen molar-refractivity contribution in [2.75, 3.05) is 18.4 Å². The summed E-state index contributed by atoms with van der Waals surface area (Å²) in [6, 6.07) is 4.07. The fraction of sp³-hybridized carbons (Fsp3) is 0.400. The number of anilines is 2. The summed E-state index contributed by atoms with van der Waals surface area (Å²) in [4.78, 5) is 32.9. The van der Waals surface area contributed by atoms with Gasteiger partial charge in [0.1, 0.15) is 23.1 Å². The number of piperidine rings is 1. The summed E-state index contributed by atoms with van der Waals surface area (Å²) in [5, 5.41) is 13.6. The lowest BCUT2D eigenvalue weighted by Gasteiger charge is -2.39. The second-order valence-electron chi connectivity index (χ2n) is 7.58. The fourth-order valence-corrected chi connectivity index (χ4v) is 3.40. The van der Waals surface area contributed by atoms with Gasteiger partial charge in [-0.1, -0.05) is 6.07 Å². The third kappa shape index (κ3) is 6.65. The molecule has 0 radical (unpaired) electrons. The van der Waals surface area contributed by atoms with Gasteiger partial charge in [-0.25, -0.2) is 23.5 Å². The van der Waals surface area contributed by atoms with E-state index in [1.54, 1.807) is 0 Å². The zero-order chi connectivity index (χ0) is 25.1. The van der Waals surface area contributed by atoms with Crippen LogP contribution in [0, 0.1) is 6.92 Å². The van der Waals surface area contributed by atoms with Crippen molar-refractivity contribution in [1.29, 1.82) is 0 Å². The third-order valence-corrected chi connectivity index (χ3v) is 4.96. The Bertz CT molecular complexity index is 1070. The number of alkyl halides is 5. The average Bonchev–Trinajstić information content (AvgIpc) is 2.72. The van der Waals surface area contributed by atoms with Crippen LogP contribution in [0.25, 0.3) is 0 Å². The van der Waals surface area contributed by atoms with Gasteiger partial charge in [-0.05, 0) is 31.0 Å². The number of carbonyl (C=O) groups excluding carboxylic acids is 1. The van der Waals surface area contributed by atoms with Crippen molar-refractivity contribution < 1.29 is 41.4 Å². The van der Waals surface area contributed by atoms with Crippen molar-refractivity contribution in [2.24, 2.45) is 0 Å². The Hall–Kier alpha value is -3.71. The van der Waals surface area contributed by atoms with E-state index in [2.05, 4.69) is 25.3 Å². The maximum atomic E-state index is 14.1. The van der Waals surface area contributed by atoms with Crippen LogP contribution < -0.4 is 15.4 Å². The molecule has 0 aliphatic carbocycles. The molecule has 0 saturated carbocycles. The number of ether oxygens (including phenoxy) is 1. The maximum Gasteiger partial charge on any atom is 0.573 e. The van der Waals surface area contributed by atoms with Gasteiger partial charge in [0, 0.05) is 25.2 Å². The van der Waals surface area contributed by atoms with Crippen LogP contribution in [0.3, 0.4) is 0 Å². The normalized spacial score (nSPS) is 17.7. The summed E-state index contributed by atoms with van der Waals surface area (Å²) in [7, 11) is 0. The summed E-state index contributed by atoms with van der Waals surface area (Å²) in [5.41, 5.74) is 0.183. The zero-order valence-electron chi connectivity index (χ0n) is 17.7. The minimum atomic E-state index is -4.90. The van der Waals surface area contributed by atoms with Crippen LogP contribution in [0.5, 0.6) is 5.75 Å². The van der Waals surface area contributed by atoms with Crippen LogP contribution in [0.1, 0.15) is 28.9 Å². The molecule has 1 aliphatic heterocycles. The van der Waals surface area contributed by atoms with Gasteiger partial charge in [0.2, 0.25) is 0 Å². The first kappa shape index (κ1) is 24.9. The topological polar surface area (TPSA) is 117 Å². The molecule has 1 aliphatic rings. The fourth-order valence-electron chi connectivity index (χ4n) is 3.40. The molecule has 1 saturated heterocycles. The molecule has 1 fully saturated rings. The molecule has 0 bridgehead atoms. The standard InChI is InChI=1S/C20H20F5N5O4/c1-11-2-3-14(28-15-8-13(5-7-26-15)34-20(23,24)25)29-16(11)17(31)30-10-19(21,22)6-4-12(30)9-27-18(32)33/h2-3,5,7-8,12,27H,4,6,9-10H2,1H3,(H,32,33)(H,26,28,29)/t12-/m1/s1. The van der Waals surface area contributed by atoms with Crippen molar-refractivity contribution in [2.45, 2.75) is 38.1 Å². The highest BCUT2D eigenvalue weighted by atomic mass is 19.4. The van der Waals surface area contributed by atoms with Crippen molar-refractivity contribution >= 4 is 23.6 Å². The van der Waals surface area contributed by atoms with Crippen LogP contribution in [0.2, 0.25) is 0 Å². The second kappa shape index (κ2) is 9.65. The van der Waals surface area contributed by atoms with Gasteiger partial charge in [-0.2, -0.15) is 0 Å². The SMILES string of the molecule is Cc1ccc(Nc2cc(OC(F)(F)F)ccn2)nc1C(=O)N1CC(F)(F)CC[C@@H]1CNC(=O)O. The summed E-state index contributed by atoms with van der Waals surface area (Å²) in [6.07, 6.45) is -5.80. The van der Waals surface area contributed by atoms with Crippen molar-refractivity contribution in [1.82, 2.24) is 20.2 Å². The molecule has 0 aromatic carbocycles. The van der Waals surface area contributed by atoms with Gasteiger partial charge >= 0.3 is 12.5 Å². The van der Waals surface area contributed by atoms with Gasteiger partial charge in [0.25, 0.3) is 11.8 Å². The zero-order valence-corrected chi connectivity index (χ0v) is 17.7. The molecule has 2 amide bonds.